The first-order valence-electron chi connectivity index (χ1n) is 9.44. The zero-order chi connectivity index (χ0) is 23.3. The van der Waals surface area contributed by atoms with Gasteiger partial charge in [0.1, 0.15) is 16.7 Å². The molecule has 0 aliphatic carbocycles. The topological polar surface area (TPSA) is 67.4 Å². The van der Waals surface area contributed by atoms with Crippen molar-refractivity contribution in [3.63, 3.8) is 0 Å². The van der Waals surface area contributed by atoms with Gasteiger partial charge < -0.3 is 15.4 Å². The molecule has 0 bridgehead atoms. The van der Waals surface area contributed by atoms with E-state index in [4.69, 9.17) is 39.5 Å². The van der Waals surface area contributed by atoms with Gasteiger partial charge in [-0.25, -0.2) is 4.79 Å². The number of amides is 1. The molecule has 0 radical (unpaired) electrons. The number of thiophene rings is 1. The Balaban J connectivity index is 1.94. The molecule has 3 rings (SSSR count). The number of esters is 1. The van der Waals surface area contributed by atoms with Gasteiger partial charge in [-0.2, -0.15) is 0 Å². The summed E-state index contributed by atoms with van der Waals surface area (Å²) in [6.45, 7) is 1.93. The van der Waals surface area contributed by atoms with E-state index in [1.54, 1.807) is 31.2 Å². The fourth-order valence-electron chi connectivity index (χ4n) is 2.85. The van der Waals surface area contributed by atoms with E-state index >= 15 is 0 Å². The molecule has 0 saturated heterocycles. The van der Waals surface area contributed by atoms with Gasteiger partial charge in [0.15, 0.2) is 0 Å². The zero-order valence-corrected chi connectivity index (χ0v) is 21.4. The Morgan fingerprint density at radius 2 is 1.75 bits per heavy atom. The molecule has 0 spiro atoms. The van der Waals surface area contributed by atoms with Crippen molar-refractivity contribution in [3.05, 3.63) is 75.6 Å². The lowest BCUT2D eigenvalue weighted by atomic mass is 10.0. The summed E-state index contributed by atoms with van der Waals surface area (Å²) in [5, 5.41) is 7.92. The molecule has 0 aliphatic rings. The van der Waals surface area contributed by atoms with Crippen LogP contribution in [0.3, 0.4) is 0 Å². The van der Waals surface area contributed by atoms with Crippen LogP contribution < -0.4 is 10.6 Å². The molecule has 1 atom stereocenters. The van der Waals surface area contributed by atoms with Gasteiger partial charge in [0.2, 0.25) is 3.79 Å². The number of ether oxygens (including phenoxy) is 1. The van der Waals surface area contributed by atoms with Crippen LogP contribution in [0.25, 0.3) is 11.1 Å². The van der Waals surface area contributed by atoms with E-state index < -0.39 is 21.8 Å². The molecule has 2 aromatic carbocycles. The van der Waals surface area contributed by atoms with Gasteiger partial charge in [0.05, 0.1) is 6.61 Å². The minimum Gasteiger partial charge on any atom is -0.462 e. The van der Waals surface area contributed by atoms with Gasteiger partial charge in [-0.3, -0.25) is 4.79 Å². The largest absolute Gasteiger partial charge is 0.462 e. The van der Waals surface area contributed by atoms with Gasteiger partial charge in [-0.1, -0.05) is 81.1 Å². The SMILES string of the molecule is CCOC(=O)c1c(-c2ccccc2)csc1N[C@@H](NC(=O)c1ccc(Br)cc1)C(Cl)(Cl)Cl. The number of alkyl halides is 3. The fourth-order valence-corrected chi connectivity index (χ4v) is 4.43. The molecular weight excluding hydrogens is 559 g/mol. The van der Waals surface area contributed by atoms with Crippen LogP contribution in [0.2, 0.25) is 0 Å². The van der Waals surface area contributed by atoms with Crippen LogP contribution in [-0.4, -0.2) is 28.4 Å². The summed E-state index contributed by atoms with van der Waals surface area (Å²) < 4.78 is 4.18. The highest BCUT2D eigenvalue weighted by Gasteiger charge is 2.36. The number of carbonyl (C=O) groups excluding carboxylic acids is 2. The quantitative estimate of drug-likeness (QED) is 0.183. The lowest BCUT2D eigenvalue weighted by molar-refractivity contribution is 0.0529. The number of anilines is 1. The van der Waals surface area contributed by atoms with E-state index in [9.17, 15) is 9.59 Å². The normalized spacial score (nSPS) is 12.2. The average molecular weight is 577 g/mol. The van der Waals surface area contributed by atoms with Crippen molar-refractivity contribution in [1.29, 1.82) is 0 Å². The summed E-state index contributed by atoms with van der Waals surface area (Å²) in [5.74, 6) is -0.962. The van der Waals surface area contributed by atoms with Crippen molar-refractivity contribution in [2.75, 3.05) is 11.9 Å². The highest BCUT2D eigenvalue weighted by Crippen LogP contribution is 2.39. The number of rotatable bonds is 7. The van der Waals surface area contributed by atoms with Crippen molar-refractivity contribution in [1.82, 2.24) is 5.32 Å². The van der Waals surface area contributed by atoms with Crippen molar-refractivity contribution in [3.8, 4) is 11.1 Å². The van der Waals surface area contributed by atoms with Crippen molar-refractivity contribution in [2.45, 2.75) is 16.9 Å². The minimum atomic E-state index is -1.91. The zero-order valence-electron chi connectivity index (χ0n) is 16.7. The third-order valence-corrected chi connectivity index (χ3v) is 6.43. The van der Waals surface area contributed by atoms with Gasteiger partial charge in [0, 0.05) is 21.0 Å². The van der Waals surface area contributed by atoms with E-state index in [0.29, 0.717) is 21.7 Å². The van der Waals surface area contributed by atoms with Crippen LogP contribution in [0.1, 0.15) is 27.6 Å². The van der Waals surface area contributed by atoms with E-state index in [1.165, 1.54) is 11.3 Å². The number of hydrogen-bond acceptors (Lipinski definition) is 5. The molecule has 1 heterocycles. The van der Waals surface area contributed by atoms with Crippen LogP contribution in [0.5, 0.6) is 0 Å². The van der Waals surface area contributed by atoms with Crippen LogP contribution in [0.15, 0.2) is 64.5 Å². The summed E-state index contributed by atoms with van der Waals surface area (Å²) in [6.07, 6.45) is -1.13. The number of halogens is 4. The Labute approximate surface area is 213 Å². The molecule has 2 N–H and O–H groups in total. The lowest BCUT2D eigenvalue weighted by Gasteiger charge is -2.27. The molecule has 3 aromatic rings. The summed E-state index contributed by atoms with van der Waals surface area (Å²) in [7, 11) is 0. The Morgan fingerprint density at radius 1 is 1.09 bits per heavy atom. The minimum absolute atomic E-state index is 0.205. The summed E-state index contributed by atoms with van der Waals surface area (Å²) in [5.41, 5.74) is 2.21. The first kappa shape index (κ1) is 24.9. The Morgan fingerprint density at radius 3 is 2.34 bits per heavy atom. The highest BCUT2D eigenvalue weighted by atomic mass is 79.9. The van der Waals surface area contributed by atoms with Crippen LogP contribution in [-0.2, 0) is 4.74 Å². The second-order valence-corrected chi connectivity index (χ2v) is 10.7. The molecule has 168 valence electrons. The number of nitrogens with one attached hydrogen (secondary N) is 2. The number of carbonyl (C=O) groups is 2. The van der Waals surface area contributed by atoms with Crippen molar-refractivity contribution >= 4 is 78.9 Å². The van der Waals surface area contributed by atoms with E-state index in [2.05, 4.69) is 26.6 Å². The number of hydrogen-bond donors (Lipinski definition) is 2. The lowest BCUT2D eigenvalue weighted by Crippen LogP contribution is -2.49. The van der Waals surface area contributed by atoms with E-state index in [1.807, 2.05) is 35.7 Å². The van der Waals surface area contributed by atoms with Crippen LogP contribution in [0, 0.1) is 0 Å². The molecule has 0 fully saturated rings. The standard InChI is InChI=1S/C22H18BrCl3N2O3S/c1-2-31-20(30)17-16(13-6-4-3-5-7-13)12-32-19(17)28-21(22(24,25)26)27-18(29)14-8-10-15(23)11-9-14/h3-12,21,28H,2H2,1H3,(H,27,29)/t21-/m1/s1. The van der Waals surface area contributed by atoms with E-state index in [0.717, 1.165) is 10.0 Å². The molecule has 10 heteroatoms. The first-order chi connectivity index (χ1) is 15.2. The summed E-state index contributed by atoms with van der Waals surface area (Å²) in [4.78, 5) is 25.5. The highest BCUT2D eigenvalue weighted by molar-refractivity contribution is 9.10. The third-order valence-electron chi connectivity index (χ3n) is 4.34. The molecule has 1 amide bonds. The monoisotopic (exact) mass is 574 g/mol. The van der Waals surface area contributed by atoms with Gasteiger partial charge in [-0.15, -0.1) is 11.3 Å². The second-order valence-electron chi connectivity index (χ2n) is 6.54. The molecule has 0 unspecified atom stereocenters. The maximum absolute atomic E-state index is 12.8. The molecule has 0 aliphatic heterocycles. The molecular formula is C22H18BrCl3N2O3S. The second kappa shape index (κ2) is 10.9. The van der Waals surface area contributed by atoms with Crippen LogP contribution >= 0.6 is 62.1 Å². The predicted octanol–water partition coefficient (Wildman–Crippen LogP) is 6.89. The smallest absolute Gasteiger partial charge is 0.341 e. The Hall–Kier alpha value is -1.77. The molecule has 0 saturated carbocycles. The maximum atomic E-state index is 12.8. The Kier molecular flexibility index (Phi) is 8.47. The average Bonchev–Trinajstić information content (AvgIpc) is 3.17. The Bertz CT molecular complexity index is 1090. The first-order valence-corrected chi connectivity index (χ1v) is 12.2. The predicted molar refractivity (Wildman–Crippen MR) is 135 cm³/mol. The maximum Gasteiger partial charge on any atom is 0.341 e. The van der Waals surface area contributed by atoms with Gasteiger partial charge >= 0.3 is 5.97 Å². The third kappa shape index (κ3) is 6.17. The molecule has 1 aromatic heterocycles. The molecule has 32 heavy (non-hydrogen) atoms. The van der Waals surface area contributed by atoms with Crippen LogP contribution in [0.4, 0.5) is 5.00 Å². The van der Waals surface area contributed by atoms with Gasteiger partial charge in [0.25, 0.3) is 5.91 Å². The fraction of sp³-hybridized carbons (Fsp3) is 0.182. The van der Waals surface area contributed by atoms with Crippen molar-refractivity contribution in [2.24, 2.45) is 0 Å². The van der Waals surface area contributed by atoms with E-state index in [-0.39, 0.29) is 6.61 Å². The summed E-state index contributed by atoms with van der Waals surface area (Å²) >= 11 is 23.0. The summed E-state index contributed by atoms with van der Waals surface area (Å²) in [6, 6.07) is 16.1. The van der Waals surface area contributed by atoms with Crippen molar-refractivity contribution < 1.29 is 14.3 Å². The number of benzene rings is 2. The van der Waals surface area contributed by atoms with Gasteiger partial charge in [-0.05, 0) is 36.8 Å². The molecule has 5 nitrogen and oxygen atoms in total.